The Bertz CT molecular complexity index is 398. The van der Waals surface area contributed by atoms with Gasteiger partial charge in [0.25, 0.3) is 0 Å². The van der Waals surface area contributed by atoms with Crippen LogP contribution in [0.5, 0.6) is 0 Å². The molecule has 17 heavy (non-hydrogen) atoms. The van der Waals surface area contributed by atoms with Crippen molar-refractivity contribution in [1.82, 2.24) is 10.1 Å². The molecule has 2 fully saturated rings. The summed E-state index contributed by atoms with van der Waals surface area (Å²) in [6.07, 6.45) is 4.29. The Morgan fingerprint density at radius 2 is 2.24 bits per heavy atom. The molecular weight excluding hydrogens is 218 g/mol. The Morgan fingerprint density at radius 1 is 1.47 bits per heavy atom. The normalized spacial score (nSPS) is 32.6. The van der Waals surface area contributed by atoms with Crippen LogP contribution in [0.1, 0.15) is 51.2 Å². The lowest BCUT2D eigenvalue weighted by molar-refractivity contribution is 0.00768. The summed E-state index contributed by atoms with van der Waals surface area (Å²) in [5.41, 5.74) is 5.39. The largest absolute Gasteiger partial charge is 0.367 e. The van der Waals surface area contributed by atoms with Crippen LogP contribution in [0.3, 0.4) is 0 Å². The highest BCUT2D eigenvalue weighted by molar-refractivity contribution is 5.10. The van der Waals surface area contributed by atoms with E-state index in [1.807, 2.05) is 13.8 Å². The van der Waals surface area contributed by atoms with Gasteiger partial charge in [-0.2, -0.15) is 4.98 Å². The molecule has 5 nitrogen and oxygen atoms in total. The van der Waals surface area contributed by atoms with Gasteiger partial charge in [0.15, 0.2) is 0 Å². The molecule has 3 rings (SSSR count). The molecule has 5 heteroatoms. The van der Waals surface area contributed by atoms with Gasteiger partial charge in [-0.15, -0.1) is 0 Å². The summed E-state index contributed by atoms with van der Waals surface area (Å²) in [7, 11) is 0. The van der Waals surface area contributed by atoms with Gasteiger partial charge in [0.1, 0.15) is 5.60 Å². The van der Waals surface area contributed by atoms with Crippen molar-refractivity contribution >= 4 is 0 Å². The summed E-state index contributed by atoms with van der Waals surface area (Å²) in [5.74, 6) is 1.67. The number of hydrogen-bond donors (Lipinski definition) is 1. The number of nitrogens with zero attached hydrogens (tertiary/aromatic N) is 2. The van der Waals surface area contributed by atoms with Crippen LogP contribution in [0.15, 0.2) is 4.52 Å². The first-order valence-corrected chi connectivity index (χ1v) is 6.30. The van der Waals surface area contributed by atoms with E-state index < -0.39 is 5.54 Å². The molecule has 1 aliphatic carbocycles. The van der Waals surface area contributed by atoms with E-state index in [0.29, 0.717) is 17.6 Å². The zero-order valence-electron chi connectivity index (χ0n) is 10.4. The number of ether oxygens (including phenoxy) is 1. The van der Waals surface area contributed by atoms with E-state index in [1.165, 1.54) is 0 Å². The molecule has 2 N–H and O–H groups in total. The van der Waals surface area contributed by atoms with E-state index in [0.717, 1.165) is 32.3 Å². The first-order valence-electron chi connectivity index (χ1n) is 6.30. The van der Waals surface area contributed by atoms with Crippen LogP contribution in [0.2, 0.25) is 0 Å². The van der Waals surface area contributed by atoms with Gasteiger partial charge < -0.3 is 15.0 Å². The van der Waals surface area contributed by atoms with Gasteiger partial charge in [-0.25, -0.2) is 0 Å². The van der Waals surface area contributed by atoms with E-state index in [1.54, 1.807) is 0 Å². The Kier molecular flexibility index (Phi) is 2.32. The Hall–Kier alpha value is -0.940. The zero-order valence-corrected chi connectivity index (χ0v) is 10.4. The molecule has 0 spiro atoms. The van der Waals surface area contributed by atoms with Crippen LogP contribution in [0.25, 0.3) is 0 Å². The van der Waals surface area contributed by atoms with Crippen LogP contribution >= 0.6 is 0 Å². The Labute approximate surface area is 101 Å². The quantitative estimate of drug-likeness (QED) is 0.865. The smallest absolute Gasteiger partial charge is 0.246 e. The molecule has 2 unspecified atom stereocenters. The van der Waals surface area contributed by atoms with Crippen molar-refractivity contribution in [2.75, 3.05) is 6.61 Å². The third-order valence-corrected chi connectivity index (χ3v) is 4.00. The van der Waals surface area contributed by atoms with Crippen LogP contribution in [0.4, 0.5) is 0 Å². The predicted octanol–water partition coefficient (Wildman–Crippen LogP) is 1.68. The molecule has 1 saturated heterocycles. The average Bonchev–Trinajstić information content (AvgIpc) is 2.86. The van der Waals surface area contributed by atoms with Crippen molar-refractivity contribution < 1.29 is 9.26 Å². The minimum absolute atomic E-state index is 0.388. The molecule has 1 aliphatic heterocycles. The second-order valence-corrected chi connectivity index (χ2v) is 5.66. The third kappa shape index (κ3) is 1.77. The van der Waals surface area contributed by atoms with Crippen molar-refractivity contribution in [2.24, 2.45) is 11.7 Å². The van der Waals surface area contributed by atoms with E-state index in [4.69, 9.17) is 15.0 Å². The summed E-state index contributed by atoms with van der Waals surface area (Å²) >= 11 is 0. The first-order chi connectivity index (χ1) is 8.02. The van der Waals surface area contributed by atoms with Gasteiger partial charge in [0.05, 0.1) is 5.54 Å². The molecule has 2 atom stereocenters. The van der Waals surface area contributed by atoms with E-state index in [9.17, 15) is 0 Å². The van der Waals surface area contributed by atoms with Crippen LogP contribution in [0, 0.1) is 5.92 Å². The second kappa shape index (κ2) is 3.53. The summed E-state index contributed by atoms with van der Waals surface area (Å²) in [4.78, 5) is 4.47. The van der Waals surface area contributed by atoms with Gasteiger partial charge in [-0.3, -0.25) is 0 Å². The van der Waals surface area contributed by atoms with E-state index >= 15 is 0 Å². The molecular formula is C12H19N3O2. The van der Waals surface area contributed by atoms with Gasteiger partial charge in [-0.05, 0) is 45.4 Å². The second-order valence-electron chi connectivity index (χ2n) is 5.66. The summed E-state index contributed by atoms with van der Waals surface area (Å²) in [5, 5.41) is 4.06. The molecule has 0 amide bonds. The summed E-state index contributed by atoms with van der Waals surface area (Å²) < 4.78 is 11.0. The minimum Gasteiger partial charge on any atom is -0.367 e. The van der Waals surface area contributed by atoms with Crippen molar-refractivity contribution in [3.05, 3.63) is 11.7 Å². The summed E-state index contributed by atoms with van der Waals surface area (Å²) in [6.45, 7) is 4.75. The highest BCUT2D eigenvalue weighted by atomic mass is 16.5. The van der Waals surface area contributed by atoms with E-state index in [2.05, 4.69) is 10.1 Å². The van der Waals surface area contributed by atoms with Crippen LogP contribution in [-0.2, 0) is 15.9 Å². The molecule has 2 aliphatic rings. The molecule has 2 heterocycles. The highest BCUT2D eigenvalue weighted by Gasteiger charge is 2.45. The number of nitrogens with two attached hydrogens (primary N) is 1. The zero-order chi connectivity index (χ0) is 12.1. The van der Waals surface area contributed by atoms with Crippen LogP contribution in [-0.4, -0.2) is 16.7 Å². The lowest BCUT2D eigenvalue weighted by Gasteiger charge is -2.20. The maximum Gasteiger partial charge on any atom is 0.246 e. The lowest BCUT2D eigenvalue weighted by atomic mass is 9.97. The summed E-state index contributed by atoms with van der Waals surface area (Å²) in [6, 6.07) is 0. The molecule has 0 radical (unpaired) electrons. The van der Waals surface area contributed by atoms with Crippen molar-refractivity contribution in [2.45, 2.75) is 50.7 Å². The van der Waals surface area contributed by atoms with Gasteiger partial charge in [0, 0.05) is 6.61 Å². The van der Waals surface area contributed by atoms with Crippen LogP contribution < -0.4 is 5.73 Å². The predicted molar refractivity (Wildman–Crippen MR) is 61.1 cm³/mol. The SMILES string of the molecule is CC1(c2noc(C(C)(N)C3CC3)n2)CCCO1. The van der Waals surface area contributed by atoms with Crippen molar-refractivity contribution in [1.29, 1.82) is 0 Å². The maximum absolute atomic E-state index is 6.26. The van der Waals surface area contributed by atoms with E-state index in [-0.39, 0.29) is 5.60 Å². The molecule has 1 aromatic rings. The monoisotopic (exact) mass is 237 g/mol. The Balaban J connectivity index is 1.87. The minimum atomic E-state index is -0.486. The highest BCUT2D eigenvalue weighted by Crippen LogP contribution is 2.44. The molecule has 94 valence electrons. The number of hydrogen-bond acceptors (Lipinski definition) is 5. The average molecular weight is 237 g/mol. The van der Waals surface area contributed by atoms with Gasteiger partial charge in [-0.1, -0.05) is 5.16 Å². The topological polar surface area (TPSA) is 74.2 Å². The lowest BCUT2D eigenvalue weighted by Crippen LogP contribution is -2.36. The van der Waals surface area contributed by atoms with Gasteiger partial charge in [0.2, 0.25) is 11.7 Å². The van der Waals surface area contributed by atoms with Gasteiger partial charge >= 0.3 is 0 Å². The fourth-order valence-electron chi connectivity index (χ4n) is 2.47. The standard InChI is InChI=1S/C12H19N3O2/c1-11(6-3-7-16-11)9-14-10(17-15-9)12(2,13)8-4-5-8/h8H,3-7,13H2,1-2H3. The Morgan fingerprint density at radius 3 is 2.82 bits per heavy atom. The first kappa shape index (κ1) is 11.2. The fourth-order valence-corrected chi connectivity index (χ4v) is 2.47. The molecule has 0 bridgehead atoms. The third-order valence-electron chi connectivity index (χ3n) is 4.00. The molecule has 1 aromatic heterocycles. The maximum atomic E-state index is 6.26. The molecule has 0 aromatic carbocycles. The fraction of sp³-hybridized carbons (Fsp3) is 0.833. The number of rotatable bonds is 3. The molecule has 1 saturated carbocycles. The van der Waals surface area contributed by atoms with Crippen molar-refractivity contribution in [3.63, 3.8) is 0 Å². The number of aromatic nitrogens is 2. The van der Waals surface area contributed by atoms with Crippen molar-refractivity contribution in [3.8, 4) is 0 Å².